The number of nitrogens with one attached hydrogen (secondary N) is 3. The van der Waals surface area contributed by atoms with Gasteiger partial charge in [-0.15, -0.1) is 0 Å². The van der Waals surface area contributed by atoms with Crippen LogP contribution >= 0.6 is 23.8 Å². The number of halogens is 1. The van der Waals surface area contributed by atoms with Crippen LogP contribution in [0.5, 0.6) is 0 Å². The van der Waals surface area contributed by atoms with Crippen LogP contribution in [-0.4, -0.2) is 20.1 Å². The van der Waals surface area contributed by atoms with Crippen LogP contribution in [0.2, 0.25) is 5.02 Å². The van der Waals surface area contributed by atoms with Crippen molar-refractivity contribution in [2.24, 2.45) is 5.92 Å². The fourth-order valence-electron chi connectivity index (χ4n) is 1.92. The number of thiocarbonyl (C=S) groups is 1. The van der Waals surface area contributed by atoms with Crippen molar-refractivity contribution in [3.63, 3.8) is 0 Å². The van der Waals surface area contributed by atoms with Gasteiger partial charge in [0.05, 0.1) is 4.90 Å². The summed E-state index contributed by atoms with van der Waals surface area (Å²) in [7, 11) is -3.66. The van der Waals surface area contributed by atoms with Crippen molar-refractivity contribution in [2.75, 3.05) is 16.6 Å². The molecule has 0 aliphatic rings. The van der Waals surface area contributed by atoms with Crippen LogP contribution in [0.15, 0.2) is 53.4 Å². The first-order chi connectivity index (χ1) is 11.8. The van der Waals surface area contributed by atoms with Crippen molar-refractivity contribution < 1.29 is 8.42 Å². The highest BCUT2D eigenvalue weighted by atomic mass is 35.5. The Hall–Kier alpha value is -1.83. The van der Waals surface area contributed by atoms with E-state index in [0.717, 1.165) is 6.54 Å². The second-order valence-corrected chi connectivity index (χ2v) is 8.39. The van der Waals surface area contributed by atoms with E-state index in [4.69, 9.17) is 23.8 Å². The molecule has 0 saturated heterocycles. The standard InChI is InChI=1S/C17H20ClN3O2S2/c1-12(2)11-19-17(24)20-14-7-9-16(10-8-14)25(22,23)21-15-5-3-13(18)4-6-15/h3-10,12,21H,11H2,1-2H3,(H2,19,20,24). The third kappa shape index (κ3) is 6.19. The highest BCUT2D eigenvalue weighted by molar-refractivity contribution is 7.92. The molecule has 0 heterocycles. The van der Waals surface area contributed by atoms with Crippen molar-refractivity contribution in [3.05, 3.63) is 53.6 Å². The summed E-state index contributed by atoms with van der Waals surface area (Å²) in [5.74, 6) is 0.478. The monoisotopic (exact) mass is 397 g/mol. The molecule has 0 spiro atoms. The van der Waals surface area contributed by atoms with Gasteiger partial charge in [-0.25, -0.2) is 8.42 Å². The summed E-state index contributed by atoms with van der Waals surface area (Å²) in [5.41, 5.74) is 1.16. The molecule has 0 aliphatic heterocycles. The van der Waals surface area contributed by atoms with E-state index in [-0.39, 0.29) is 4.90 Å². The van der Waals surface area contributed by atoms with Crippen LogP contribution in [-0.2, 0) is 10.0 Å². The van der Waals surface area contributed by atoms with Gasteiger partial charge in [-0.05, 0) is 66.7 Å². The number of hydrogen-bond donors (Lipinski definition) is 3. The summed E-state index contributed by atoms with van der Waals surface area (Å²) in [5, 5.41) is 7.16. The maximum absolute atomic E-state index is 12.4. The summed E-state index contributed by atoms with van der Waals surface area (Å²) in [6.07, 6.45) is 0. The molecule has 0 saturated carbocycles. The normalized spacial score (nSPS) is 11.2. The van der Waals surface area contributed by atoms with Gasteiger partial charge in [-0.3, -0.25) is 4.72 Å². The first kappa shape index (κ1) is 19.5. The quantitative estimate of drug-likeness (QED) is 0.640. The minimum absolute atomic E-state index is 0.161. The molecule has 0 bridgehead atoms. The molecule has 2 aromatic carbocycles. The van der Waals surface area contributed by atoms with Crippen LogP contribution in [0.3, 0.4) is 0 Å². The molecule has 0 aliphatic carbocycles. The van der Waals surface area contributed by atoms with Crippen LogP contribution in [0.25, 0.3) is 0 Å². The predicted octanol–water partition coefficient (Wildman–Crippen LogP) is 4.08. The van der Waals surface area contributed by atoms with Gasteiger partial charge in [-0.2, -0.15) is 0 Å². The Morgan fingerprint density at radius 1 is 1.04 bits per heavy atom. The molecule has 5 nitrogen and oxygen atoms in total. The summed E-state index contributed by atoms with van der Waals surface area (Å²) in [6, 6.07) is 12.8. The molecular formula is C17H20ClN3O2S2. The highest BCUT2D eigenvalue weighted by Gasteiger charge is 2.14. The smallest absolute Gasteiger partial charge is 0.261 e. The van der Waals surface area contributed by atoms with Gasteiger partial charge >= 0.3 is 0 Å². The number of rotatable bonds is 6. The Labute approximate surface area is 158 Å². The van der Waals surface area contributed by atoms with Gasteiger partial charge in [0, 0.05) is 22.9 Å². The third-order valence-corrected chi connectivity index (χ3v) is 5.09. The van der Waals surface area contributed by atoms with E-state index in [0.29, 0.717) is 27.4 Å². The van der Waals surface area contributed by atoms with E-state index >= 15 is 0 Å². The fraction of sp³-hybridized carbons (Fsp3) is 0.235. The molecular weight excluding hydrogens is 378 g/mol. The van der Waals surface area contributed by atoms with Gasteiger partial charge in [-0.1, -0.05) is 25.4 Å². The summed E-state index contributed by atoms with van der Waals surface area (Å²) >= 11 is 11.0. The van der Waals surface area contributed by atoms with Crippen molar-refractivity contribution in [1.82, 2.24) is 5.32 Å². The Balaban J connectivity index is 2.02. The Morgan fingerprint density at radius 3 is 2.16 bits per heavy atom. The molecule has 3 N–H and O–H groups in total. The topological polar surface area (TPSA) is 70.2 Å². The number of anilines is 2. The van der Waals surface area contributed by atoms with Crippen LogP contribution in [0.4, 0.5) is 11.4 Å². The molecule has 0 unspecified atom stereocenters. The Bertz CT molecular complexity index is 820. The minimum Gasteiger partial charge on any atom is -0.362 e. The lowest BCUT2D eigenvalue weighted by molar-refractivity contribution is 0.601. The molecule has 0 amide bonds. The van der Waals surface area contributed by atoms with Gasteiger partial charge in [0.2, 0.25) is 0 Å². The number of sulfonamides is 1. The fourth-order valence-corrected chi connectivity index (χ4v) is 3.31. The SMILES string of the molecule is CC(C)CNC(=S)Nc1ccc(S(=O)(=O)Nc2ccc(Cl)cc2)cc1. The second kappa shape index (κ2) is 8.51. The zero-order valence-corrected chi connectivity index (χ0v) is 16.3. The molecule has 2 aromatic rings. The molecule has 8 heteroatoms. The van der Waals surface area contributed by atoms with E-state index in [2.05, 4.69) is 29.2 Å². The number of hydrogen-bond acceptors (Lipinski definition) is 3. The van der Waals surface area contributed by atoms with Crippen LogP contribution in [0.1, 0.15) is 13.8 Å². The maximum Gasteiger partial charge on any atom is 0.261 e. The molecule has 134 valence electrons. The van der Waals surface area contributed by atoms with E-state index < -0.39 is 10.0 Å². The molecule has 0 atom stereocenters. The van der Waals surface area contributed by atoms with Gasteiger partial charge in [0.1, 0.15) is 0 Å². The lowest BCUT2D eigenvalue weighted by Crippen LogP contribution is -2.31. The van der Waals surface area contributed by atoms with Crippen molar-refractivity contribution >= 4 is 50.3 Å². The second-order valence-electron chi connectivity index (χ2n) is 5.87. The largest absolute Gasteiger partial charge is 0.362 e. The highest BCUT2D eigenvalue weighted by Crippen LogP contribution is 2.19. The maximum atomic E-state index is 12.4. The van der Waals surface area contributed by atoms with E-state index in [9.17, 15) is 8.42 Å². The summed E-state index contributed by atoms with van der Waals surface area (Å²) in [4.78, 5) is 0.161. The first-order valence-electron chi connectivity index (χ1n) is 7.69. The summed E-state index contributed by atoms with van der Waals surface area (Å²) in [6.45, 7) is 4.94. The molecule has 2 rings (SSSR count). The van der Waals surface area contributed by atoms with Crippen molar-refractivity contribution in [3.8, 4) is 0 Å². The van der Waals surface area contributed by atoms with E-state index in [1.165, 1.54) is 12.1 Å². The van der Waals surface area contributed by atoms with Gasteiger partial charge in [0.25, 0.3) is 10.0 Å². The van der Waals surface area contributed by atoms with Crippen LogP contribution in [0, 0.1) is 5.92 Å². The molecule has 0 aromatic heterocycles. The summed E-state index contributed by atoms with van der Waals surface area (Å²) < 4.78 is 27.3. The zero-order valence-electron chi connectivity index (χ0n) is 13.9. The average molecular weight is 398 g/mol. The van der Waals surface area contributed by atoms with Crippen molar-refractivity contribution in [1.29, 1.82) is 0 Å². The predicted molar refractivity (Wildman–Crippen MR) is 108 cm³/mol. The van der Waals surface area contributed by atoms with E-state index in [1.54, 1.807) is 36.4 Å². The molecule has 0 radical (unpaired) electrons. The first-order valence-corrected chi connectivity index (χ1v) is 9.96. The van der Waals surface area contributed by atoms with Gasteiger partial charge in [0.15, 0.2) is 5.11 Å². The van der Waals surface area contributed by atoms with E-state index in [1.807, 2.05) is 0 Å². The molecule has 0 fully saturated rings. The minimum atomic E-state index is -3.66. The van der Waals surface area contributed by atoms with Gasteiger partial charge < -0.3 is 10.6 Å². The lowest BCUT2D eigenvalue weighted by Gasteiger charge is -2.13. The molecule has 25 heavy (non-hydrogen) atoms. The number of benzene rings is 2. The zero-order chi connectivity index (χ0) is 18.4. The Morgan fingerprint density at radius 2 is 1.60 bits per heavy atom. The third-order valence-electron chi connectivity index (χ3n) is 3.19. The lowest BCUT2D eigenvalue weighted by atomic mass is 10.2. The average Bonchev–Trinajstić information content (AvgIpc) is 2.55. The van der Waals surface area contributed by atoms with Crippen molar-refractivity contribution in [2.45, 2.75) is 18.7 Å². The Kier molecular flexibility index (Phi) is 6.64. The van der Waals surface area contributed by atoms with Crippen LogP contribution < -0.4 is 15.4 Å².